The number of benzene rings is 1. The van der Waals surface area contributed by atoms with Crippen molar-refractivity contribution in [1.82, 2.24) is 0 Å². The van der Waals surface area contributed by atoms with Crippen molar-refractivity contribution in [3.63, 3.8) is 0 Å². The zero-order valence-corrected chi connectivity index (χ0v) is 17.0. The summed E-state index contributed by atoms with van der Waals surface area (Å²) in [6, 6.07) is 1.38. The lowest BCUT2D eigenvalue weighted by Gasteiger charge is -2.59. The van der Waals surface area contributed by atoms with Crippen molar-refractivity contribution in [3.8, 4) is 11.5 Å². The number of esters is 1. The van der Waals surface area contributed by atoms with Crippen LogP contribution in [0.2, 0.25) is 0 Å². The van der Waals surface area contributed by atoms with E-state index in [0.717, 1.165) is 0 Å². The average molecular weight is 443 g/mol. The van der Waals surface area contributed by atoms with Crippen molar-refractivity contribution >= 4 is 11.8 Å². The van der Waals surface area contributed by atoms with Crippen LogP contribution >= 0.6 is 0 Å². The second kappa shape index (κ2) is 7.93. The highest BCUT2D eigenvalue weighted by Crippen LogP contribution is 2.64. The Hall–Kier alpha value is -2.98. The Kier molecular flexibility index (Phi) is 5.81. The first kappa shape index (κ1) is 22.7. The van der Waals surface area contributed by atoms with Gasteiger partial charge in [0.15, 0.2) is 0 Å². The molecule has 0 saturated heterocycles. The molecule has 31 heavy (non-hydrogen) atoms. The van der Waals surface area contributed by atoms with Gasteiger partial charge in [-0.2, -0.15) is 8.78 Å². The summed E-state index contributed by atoms with van der Waals surface area (Å²) < 4.78 is 33.4. The number of fused-ring (bicyclic) bond motifs is 2. The van der Waals surface area contributed by atoms with Crippen molar-refractivity contribution in [3.05, 3.63) is 33.4 Å². The van der Waals surface area contributed by atoms with Gasteiger partial charge in [-0.25, -0.2) is 4.79 Å². The summed E-state index contributed by atoms with van der Waals surface area (Å²) in [5, 5.41) is 29.8. The Morgan fingerprint density at radius 3 is 2.42 bits per heavy atom. The number of alkyl halides is 2. The van der Waals surface area contributed by atoms with Gasteiger partial charge in [-0.15, -0.1) is 10.1 Å². The summed E-state index contributed by atoms with van der Waals surface area (Å²) in [7, 11) is 0. The van der Waals surface area contributed by atoms with Crippen molar-refractivity contribution < 1.29 is 43.2 Å². The van der Waals surface area contributed by atoms with Gasteiger partial charge in [0.1, 0.15) is 17.3 Å². The molecule has 0 amide bonds. The van der Waals surface area contributed by atoms with Gasteiger partial charge in [-0.3, -0.25) is 4.79 Å². The second-order valence-electron chi connectivity index (χ2n) is 8.54. The Morgan fingerprint density at radius 1 is 1.29 bits per heavy atom. The third-order valence-corrected chi connectivity index (χ3v) is 6.48. The van der Waals surface area contributed by atoms with Crippen LogP contribution in [0.1, 0.15) is 50.2 Å². The molecule has 1 aromatic rings. The minimum Gasteiger partial charge on any atom is -0.508 e. The van der Waals surface area contributed by atoms with E-state index in [0.29, 0.717) is 18.6 Å². The number of phenolic OH excluding ortho intramolecular Hbond substituents is 2. The number of nitrogens with zero attached hydrogens (tertiary/aromatic N) is 1. The highest BCUT2D eigenvalue weighted by atomic mass is 19.3. The molecule has 4 rings (SSSR count). The summed E-state index contributed by atoms with van der Waals surface area (Å²) >= 11 is 0. The number of halogens is 2. The fourth-order valence-corrected chi connectivity index (χ4v) is 4.75. The first-order chi connectivity index (χ1) is 14.4. The summed E-state index contributed by atoms with van der Waals surface area (Å²) in [5.74, 6) is -7.94. The Labute approximate surface area is 176 Å². The van der Waals surface area contributed by atoms with Crippen molar-refractivity contribution in [2.75, 3.05) is 13.2 Å². The van der Waals surface area contributed by atoms with Gasteiger partial charge < -0.3 is 19.8 Å². The van der Waals surface area contributed by atoms with Gasteiger partial charge in [-0.1, -0.05) is 13.8 Å². The third-order valence-electron chi connectivity index (χ3n) is 6.48. The molecule has 0 heterocycles. The Bertz CT molecular complexity index is 893. The molecule has 170 valence electrons. The van der Waals surface area contributed by atoms with Crippen LogP contribution in [0.4, 0.5) is 8.78 Å². The van der Waals surface area contributed by atoms with Gasteiger partial charge in [0.25, 0.3) is 5.09 Å². The van der Waals surface area contributed by atoms with Gasteiger partial charge in [-0.05, 0) is 29.9 Å². The number of Topliss-reactive ketones (excluding diaryl/α,β-unsaturated/α-hetero) is 1. The number of ether oxygens (including phenoxy) is 1. The maximum atomic E-state index is 14.5. The molecule has 0 spiro atoms. The van der Waals surface area contributed by atoms with E-state index in [4.69, 9.17) is 0 Å². The lowest BCUT2D eigenvalue weighted by Crippen LogP contribution is -2.56. The quantitative estimate of drug-likeness (QED) is 0.271. The van der Waals surface area contributed by atoms with E-state index >= 15 is 0 Å². The van der Waals surface area contributed by atoms with Gasteiger partial charge in [0.05, 0.1) is 13.2 Å². The van der Waals surface area contributed by atoms with Crippen LogP contribution in [0.25, 0.3) is 0 Å². The Balaban J connectivity index is 1.76. The molecule has 1 aromatic carbocycles. The maximum absolute atomic E-state index is 14.5. The van der Waals surface area contributed by atoms with Crippen molar-refractivity contribution in [2.45, 2.75) is 45.0 Å². The van der Waals surface area contributed by atoms with E-state index in [1.807, 2.05) is 13.8 Å². The van der Waals surface area contributed by atoms with E-state index in [1.54, 1.807) is 0 Å². The molecule has 0 unspecified atom stereocenters. The van der Waals surface area contributed by atoms with Gasteiger partial charge >= 0.3 is 11.9 Å². The molecular weight excluding hydrogens is 420 g/mol. The lowest BCUT2D eigenvalue weighted by atomic mass is 9.44. The summed E-state index contributed by atoms with van der Waals surface area (Å²) in [5.41, 5.74) is -1.26. The molecular formula is C20H23F2NO8. The van der Waals surface area contributed by atoms with Crippen LogP contribution in [0.3, 0.4) is 0 Å². The van der Waals surface area contributed by atoms with E-state index < -0.39 is 53.2 Å². The Morgan fingerprint density at radius 2 is 1.90 bits per heavy atom. The molecule has 0 radical (unpaired) electrons. The number of carbonyl (C=O) groups excluding carboxylic acids is 2. The van der Waals surface area contributed by atoms with Crippen LogP contribution in [-0.4, -0.2) is 40.3 Å². The second-order valence-corrected chi connectivity index (χ2v) is 8.54. The molecule has 3 saturated carbocycles. The SMILES string of the molecule is CC1(C)[C@@H]2C[C@H]1C(=O)C[C@@H]2c1c(O)cc(C(F)(F)C(=O)OCCCO[N+](=O)[O-])cc1O. The highest BCUT2D eigenvalue weighted by Gasteiger charge is 2.59. The van der Waals surface area contributed by atoms with Crippen LogP contribution < -0.4 is 0 Å². The van der Waals surface area contributed by atoms with E-state index in [-0.39, 0.29) is 41.4 Å². The minimum absolute atomic E-state index is 0.00436. The minimum atomic E-state index is -4.18. The first-order valence-electron chi connectivity index (χ1n) is 9.78. The first-order valence-corrected chi connectivity index (χ1v) is 9.78. The number of rotatable bonds is 8. The van der Waals surface area contributed by atoms with Crippen LogP contribution in [-0.2, 0) is 25.1 Å². The number of hydrogen-bond donors (Lipinski definition) is 2. The zero-order chi connectivity index (χ0) is 23.1. The molecule has 3 fully saturated rings. The zero-order valence-electron chi connectivity index (χ0n) is 17.0. The summed E-state index contributed by atoms with van der Waals surface area (Å²) in [6.07, 6.45) is 0.537. The predicted octanol–water partition coefficient (Wildman–Crippen LogP) is 3.05. The van der Waals surface area contributed by atoms with Crippen molar-refractivity contribution in [2.24, 2.45) is 17.3 Å². The third kappa shape index (κ3) is 4.00. The predicted molar refractivity (Wildman–Crippen MR) is 99.9 cm³/mol. The topological polar surface area (TPSA) is 136 Å². The normalized spacial score (nSPS) is 24.3. The number of aromatic hydroxyl groups is 2. The average Bonchev–Trinajstić information content (AvgIpc) is 2.65. The van der Waals surface area contributed by atoms with Crippen LogP contribution in [0.15, 0.2) is 12.1 Å². The number of carbonyl (C=O) groups is 2. The molecule has 2 bridgehead atoms. The highest BCUT2D eigenvalue weighted by molar-refractivity contribution is 5.86. The maximum Gasteiger partial charge on any atom is 0.381 e. The van der Waals surface area contributed by atoms with Crippen LogP contribution in [0, 0.1) is 27.4 Å². The smallest absolute Gasteiger partial charge is 0.381 e. The molecule has 3 aliphatic carbocycles. The van der Waals surface area contributed by atoms with E-state index in [1.165, 1.54) is 0 Å². The monoisotopic (exact) mass is 443 g/mol. The van der Waals surface area contributed by atoms with E-state index in [9.17, 15) is 38.7 Å². The molecule has 9 nitrogen and oxygen atoms in total. The van der Waals surface area contributed by atoms with Crippen LogP contribution in [0.5, 0.6) is 11.5 Å². The number of hydrogen-bond acceptors (Lipinski definition) is 8. The fourth-order valence-electron chi connectivity index (χ4n) is 4.75. The van der Waals surface area contributed by atoms with E-state index in [2.05, 4.69) is 9.57 Å². The number of ketones is 1. The fraction of sp³-hybridized carbons (Fsp3) is 0.600. The molecule has 2 N–H and O–H groups in total. The molecule has 0 aromatic heterocycles. The lowest BCUT2D eigenvalue weighted by molar-refractivity contribution is -0.757. The standard InChI is InChI=1S/C20H23F2NO8/c1-19(2)12-9-13(19)14(24)8-11(12)17-15(25)6-10(7-16(17)26)20(21,22)18(27)30-4-3-5-31-23(28)29/h6-7,11-13,25-26H,3-5,8-9H2,1-2H3/t11-,12+,13-/m0/s1. The molecule has 3 atom stereocenters. The van der Waals surface area contributed by atoms with Gasteiger partial charge in [0, 0.05) is 35.8 Å². The summed E-state index contributed by atoms with van der Waals surface area (Å²) in [6.45, 7) is 2.89. The largest absolute Gasteiger partial charge is 0.508 e. The number of phenols is 2. The van der Waals surface area contributed by atoms with Crippen molar-refractivity contribution in [1.29, 1.82) is 0 Å². The molecule has 0 aliphatic heterocycles. The molecule has 3 aliphatic rings. The van der Waals surface area contributed by atoms with Gasteiger partial charge in [0.2, 0.25) is 0 Å². The molecule has 11 heteroatoms. The summed E-state index contributed by atoms with van der Waals surface area (Å²) in [4.78, 5) is 38.2.